The monoisotopic (exact) mass is 370 g/mol. The Morgan fingerprint density at radius 3 is 2.46 bits per heavy atom. The number of hydrogen-bond donors (Lipinski definition) is 1. The van der Waals surface area contributed by atoms with Gasteiger partial charge in [0.15, 0.2) is 0 Å². The van der Waals surface area contributed by atoms with Crippen LogP contribution < -0.4 is 5.32 Å². The van der Waals surface area contributed by atoms with Crippen LogP contribution in [0.2, 0.25) is 5.02 Å². The molecule has 0 aliphatic heterocycles. The smallest absolute Gasteiger partial charge is 0.362 e. The van der Waals surface area contributed by atoms with Gasteiger partial charge in [-0.15, -0.1) is 0 Å². The van der Waals surface area contributed by atoms with Crippen molar-refractivity contribution in [3.63, 3.8) is 0 Å². The van der Waals surface area contributed by atoms with Crippen molar-refractivity contribution in [1.29, 1.82) is 0 Å². The van der Waals surface area contributed by atoms with E-state index >= 15 is 0 Å². The van der Waals surface area contributed by atoms with E-state index in [1.807, 2.05) is 18.2 Å². The van der Waals surface area contributed by atoms with Crippen LogP contribution >= 0.6 is 11.6 Å². The van der Waals surface area contributed by atoms with E-state index in [1.165, 1.54) is 0 Å². The number of rotatable bonds is 5. The third-order valence-electron chi connectivity index (χ3n) is 3.45. The van der Waals surface area contributed by atoms with Crippen molar-refractivity contribution >= 4 is 29.4 Å². The summed E-state index contributed by atoms with van der Waals surface area (Å²) < 4.78 is 10.6. The maximum absolute atomic E-state index is 12.4. The standard InChI is InChI=1S/C19H15ClN2O4/c1-2-25-19(24)15-18(22-16(23)12-8-10-14(20)11-9-12)26-17(21-15)13-6-4-3-5-7-13/h3-11H,2H2,1H3,(H,22,23). The molecule has 0 aliphatic rings. The molecule has 6 nitrogen and oxygen atoms in total. The molecule has 0 unspecified atom stereocenters. The highest BCUT2D eigenvalue weighted by Gasteiger charge is 2.24. The van der Waals surface area contributed by atoms with Crippen molar-refractivity contribution in [2.24, 2.45) is 0 Å². The summed E-state index contributed by atoms with van der Waals surface area (Å²) in [6.07, 6.45) is 0. The Balaban J connectivity index is 1.93. The second-order valence-corrected chi connectivity index (χ2v) is 5.68. The predicted molar refractivity (Wildman–Crippen MR) is 97.3 cm³/mol. The van der Waals surface area contributed by atoms with Crippen LogP contribution in [0.1, 0.15) is 27.8 Å². The van der Waals surface area contributed by atoms with Crippen LogP contribution in [0.5, 0.6) is 0 Å². The molecule has 0 atom stereocenters. The minimum atomic E-state index is -0.676. The van der Waals surface area contributed by atoms with Crippen molar-refractivity contribution < 1.29 is 18.7 Å². The van der Waals surface area contributed by atoms with Crippen LogP contribution in [-0.4, -0.2) is 23.5 Å². The molecule has 0 saturated carbocycles. The van der Waals surface area contributed by atoms with E-state index in [-0.39, 0.29) is 24.1 Å². The number of aromatic nitrogens is 1. The van der Waals surface area contributed by atoms with Crippen molar-refractivity contribution in [3.05, 3.63) is 70.9 Å². The fourth-order valence-corrected chi connectivity index (χ4v) is 2.35. The number of ether oxygens (including phenoxy) is 1. The summed E-state index contributed by atoms with van der Waals surface area (Å²) in [5.41, 5.74) is 0.944. The molecule has 0 bridgehead atoms. The van der Waals surface area contributed by atoms with Gasteiger partial charge in [0, 0.05) is 16.1 Å². The third-order valence-corrected chi connectivity index (χ3v) is 3.70. The maximum atomic E-state index is 12.4. The average molecular weight is 371 g/mol. The van der Waals surface area contributed by atoms with E-state index in [4.69, 9.17) is 20.8 Å². The van der Waals surface area contributed by atoms with E-state index in [9.17, 15) is 9.59 Å². The van der Waals surface area contributed by atoms with Gasteiger partial charge in [-0.05, 0) is 43.3 Å². The SMILES string of the molecule is CCOC(=O)c1nc(-c2ccccc2)oc1NC(=O)c1ccc(Cl)cc1. The van der Waals surface area contributed by atoms with Gasteiger partial charge in [0.25, 0.3) is 5.91 Å². The molecule has 26 heavy (non-hydrogen) atoms. The zero-order valence-electron chi connectivity index (χ0n) is 13.9. The van der Waals surface area contributed by atoms with E-state index in [0.717, 1.165) is 0 Å². The predicted octanol–water partition coefficient (Wildman–Crippen LogP) is 4.42. The van der Waals surface area contributed by atoms with Gasteiger partial charge >= 0.3 is 5.97 Å². The number of carbonyl (C=O) groups excluding carboxylic acids is 2. The molecule has 1 amide bonds. The first-order chi connectivity index (χ1) is 12.6. The molecular weight excluding hydrogens is 356 g/mol. The molecule has 1 aromatic heterocycles. The Hall–Kier alpha value is -3.12. The minimum absolute atomic E-state index is 0.0674. The topological polar surface area (TPSA) is 81.4 Å². The molecule has 0 aliphatic carbocycles. The van der Waals surface area contributed by atoms with Gasteiger partial charge < -0.3 is 9.15 Å². The van der Waals surface area contributed by atoms with Crippen molar-refractivity contribution in [2.45, 2.75) is 6.92 Å². The minimum Gasteiger partial charge on any atom is -0.461 e. The van der Waals surface area contributed by atoms with Gasteiger partial charge in [-0.1, -0.05) is 29.8 Å². The molecule has 0 saturated heterocycles. The number of carbonyl (C=O) groups is 2. The summed E-state index contributed by atoms with van der Waals surface area (Å²) in [5.74, 6) is -0.991. The lowest BCUT2D eigenvalue weighted by Gasteiger charge is -2.04. The van der Waals surface area contributed by atoms with Gasteiger partial charge in [0.05, 0.1) is 6.61 Å². The number of hydrogen-bond acceptors (Lipinski definition) is 5. The van der Waals surface area contributed by atoms with Crippen molar-refractivity contribution in [1.82, 2.24) is 4.98 Å². The molecule has 2 aromatic carbocycles. The van der Waals surface area contributed by atoms with E-state index in [0.29, 0.717) is 16.1 Å². The van der Waals surface area contributed by atoms with Crippen LogP contribution in [0, 0.1) is 0 Å². The summed E-state index contributed by atoms with van der Waals surface area (Å²) in [6.45, 7) is 1.86. The summed E-state index contributed by atoms with van der Waals surface area (Å²) in [5, 5.41) is 3.08. The number of nitrogens with zero attached hydrogens (tertiary/aromatic N) is 1. The highest BCUT2D eigenvalue weighted by Crippen LogP contribution is 2.26. The summed E-state index contributed by atoms with van der Waals surface area (Å²) in [4.78, 5) is 28.8. The quantitative estimate of drug-likeness (QED) is 0.672. The van der Waals surface area contributed by atoms with Crippen LogP contribution in [0.15, 0.2) is 59.0 Å². The number of amides is 1. The molecule has 1 heterocycles. The first-order valence-corrected chi connectivity index (χ1v) is 8.26. The average Bonchev–Trinajstić information content (AvgIpc) is 3.07. The Kier molecular flexibility index (Phi) is 5.34. The number of esters is 1. The van der Waals surface area contributed by atoms with Crippen LogP contribution in [0.3, 0.4) is 0 Å². The molecular formula is C19H15ClN2O4. The highest BCUT2D eigenvalue weighted by molar-refractivity contribution is 6.30. The Labute approximate surface area is 154 Å². The molecule has 0 spiro atoms. The number of halogens is 1. The maximum Gasteiger partial charge on any atom is 0.362 e. The molecule has 132 valence electrons. The van der Waals surface area contributed by atoms with Crippen LogP contribution in [0.4, 0.5) is 5.88 Å². The Morgan fingerprint density at radius 1 is 1.12 bits per heavy atom. The zero-order valence-corrected chi connectivity index (χ0v) is 14.6. The van der Waals surface area contributed by atoms with E-state index < -0.39 is 11.9 Å². The molecule has 3 rings (SSSR count). The molecule has 0 fully saturated rings. The Morgan fingerprint density at radius 2 is 1.81 bits per heavy atom. The summed E-state index contributed by atoms with van der Waals surface area (Å²) in [7, 11) is 0. The fraction of sp³-hybridized carbons (Fsp3) is 0.105. The normalized spacial score (nSPS) is 10.4. The lowest BCUT2D eigenvalue weighted by molar-refractivity contribution is 0.0521. The fourth-order valence-electron chi connectivity index (χ4n) is 2.22. The zero-order chi connectivity index (χ0) is 18.5. The van der Waals surface area contributed by atoms with Crippen molar-refractivity contribution in [2.75, 3.05) is 11.9 Å². The Bertz CT molecular complexity index is 920. The lowest BCUT2D eigenvalue weighted by atomic mass is 10.2. The number of nitrogens with one attached hydrogen (secondary N) is 1. The third kappa shape index (κ3) is 3.92. The van der Waals surface area contributed by atoms with Gasteiger partial charge in [-0.2, -0.15) is 4.98 Å². The second-order valence-electron chi connectivity index (χ2n) is 5.24. The van der Waals surface area contributed by atoms with Gasteiger partial charge in [0.1, 0.15) is 0 Å². The van der Waals surface area contributed by atoms with Gasteiger partial charge in [0.2, 0.25) is 17.5 Å². The van der Waals surface area contributed by atoms with Gasteiger partial charge in [-0.3, -0.25) is 10.1 Å². The summed E-state index contributed by atoms with van der Waals surface area (Å²) >= 11 is 5.83. The van der Waals surface area contributed by atoms with Crippen LogP contribution in [-0.2, 0) is 4.74 Å². The first-order valence-electron chi connectivity index (χ1n) is 7.88. The second kappa shape index (κ2) is 7.84. The summed E-state index contributed by atoms with van der Waals surface area (Å²) in [6, 6.07) is 15.4. The number of anilines is 1. The lowest BCUT2D eigenvalue weighted by Crippen LogP contribution is -2.15. The number of oxazole rings is 1. The van der Waals surface area contributed by atoms with Crippen LogP contribution in [0.25, 0.3) is 11.5 Å². The first kappa shape index (κ1) is 17.7. The molecule has 0 radical (unpaired) electrons. The molecule has 7 heteroatoms. The number of benzene rings is 2. The molecule has 3 aromatic rings. The van der Waals surface area contributed by atoms with Gasteiger partial charge in [-0.25, -0.2) is 4.79 Å². The van der Waals surface area contributed by atoms with E-state index in [2.05, 4.69) is 10.3 Å². The van der Waals surface area contributed by atoms with E-state index in [1.54, 1.807) is 43.3 Å². The molecule has 1 N–H and O–H groups in total. The van der Waals surface area contributed by atoms with Crippen molar-refractivity contribution in [3.8, 4) is 11.5 Å². The largest absolute Gasteiger partial charge is 0.461 e. The highest BCUT2D eigenvalue weighted by atomic mass is 35.5.